The van der Waals surface area contributed by atoms with Gasteiger partial charge in [0.15, 0.2) is 9.84 Å². The van der Waals surface area contributed by atoms with E-state index in [1.54, 1.807) is 102 Å². The molecule has 2 rings (SSSR count). The summed E-state index contributed by atoms with van der Waals surface area (Å²) in [6, 6.07) is 12.7. The van der Waals surface area contributed by atoms with Crippen LogP contribution in [0.3, 0.4) is 0 Å². The molecule has 15 nitrogen and oxygen atoms in total. The number of ether oxygens (including phenoxy) is 3. The minimum Gasteiger partial charge on any atom is -0.460 e. The van der Waals surface area contributed by atoms with E-state index < -0.39 is 99.6 Å². The summed E-state index contributed by atoms with van der Waals surface area (Å²) in [5.41, 5.74) is -0.758. The monoisotopic (exact) mass is 816 g/mol. The number of sulfone groups is 1. The Morgan fingerprint density at radius 1 is 0.719 bits per heavy atom. The van der Waals surface area contributed by atoms with Crippen LogP contribution in [0.15, 0.2) is 72.1 Å². The van der Waals surface area contributed by atoms with Gasteiger partial charge in [-0.2, -0.15) is 0 Å². The van der Waals surface area contributed by atoms with Gasteiger partial charge in [0.05, 0.1) is 30.7 Å². The van der Waals surface area contributed by atoms with Crippen LogP contribution in [0.1, 0.15) is 106 Å². The molecule has 0 aliphatic heterocycles. The molecule has 0 radical (unpaired) electrons. The Morgan fingerprint density at radius 2 is 1.23 bits per heavy atom. The van der Waals surface area contributed by atoms with Gasteiger partial charge in [0.25, 0.3) is 0 Å². The normalized spacial score (nSPS) is 13.2. The molecule has 16 heteroatoms. The second-order valence-electron chi connectivity index (χ2n) is 15.3. The Morgan fingerprint density at radius 3 is 1.74 bits per heavy atom. The number of amides is 4. The van der Waals surface area contributed by atoms with Crippen LogP contribution in [0.25, 0.3) is 0 Å². The summed E-state index contributed by atoms with van der Waals surface area (Å²) in [4.78, 5) is 78.4. The smallest absolute Gasteiger partial charge is 0.408 e. The summed E-state index contributed by atoms with van der Waals surface area (Å²) in [5.74, 6) is -4.06. The van der Waals surface area contributed by atoms with Crippen molar-refractivity contribution < 1.29 is 51.4 Å². The molecule has 0 bridgehead atoms. The predicted molar refractivity (Wildman–Crippen MR) is 216 cm³/mol. The van der Waals surface area contributed by atoms with Gasteiger partial charge in [0.1, 0.15) is 29.9 Å². The third-order valence-corrected chi connectivity index (χ3v) is 8.88. The van der Waals surface area contributed by atoms with Crippen LogP contribution in [-0.2, 0) is 54.6 Å². The molecule has 0 aliphatic rings. The van der Waals surface area contributed by atoms with Crippen LogP contribution in [-0.4, -0.2) is 79.3 Å². The molecular formula is C41H60N4O11S. The quantitative estimate of drug-likeness (QED) is 0.124. The highest BCUT2D eigenvalue weighted by molar-refractivity contribution is 7.94. The lowest BCUT2D eigenvalue weighted by Crippen LogP contribution is -2.52. The molecule has 2 aromatic rings. The van der Waals surface area contributed by atoms with Gasteiger partial charge in [-0.25, -0.2) is 13.2 Å². The Labute approximate surface area is 337 Å². The first-order chi connectivity index (χ1) is 26.5. The minimum atomic E-state index is -3.68. The molecule has 2 aromatic carbocycles. The lowest BCUT2D eigenvalue weighted by atomic mass is 10.0. The van der Waals surface area contributed by atoms with Gasteiger partial charge in [-0.3, -0.25) is 24.0 Å². The molecule has 4 amide bonds. The molecule has 3 atom stereocenters. The topological polar surface area (TPSA) is 212 Å². The lowest BCUT2D eigenvalue weighted by molar-refractivity contribution is -0.157. The van der Waals surface area contributed by atoms with Gasteiger partial charge < -0.3 is 35.5 Å². The number of esters is 2. The van der Waals surface area contributed by atoms with Gasteiger partial charge in [0.2, 0.25) is 17.7 Å². The molecule has 0 heterocycles. The fourth-order valence-corrected chi connectivity index (χ4v) is 5.20. The van der Waals surface area contributed by atoms with Crippen molar-refractivity contribution in [1.29, 1.82) is 0 Å². The number of nitrogens with one attached hydrogen (secondary N) is 4. The zero-order valence-corrected chi connectivity index (χ0v) is 35.5. The lowest BCUT2D eigenvalue weighted by Gasteiger charge is -2.25. The second-order valence-corrected chi connectivity index (χ2v) is 17.7. The van der Waals surface area contributed by atoms with Gasteiger partial charge >= 0.3 is 18.0 Å². The first-order valence-electron chi connectivity index (χ1n) is 18.7. The van der Waals surface area contributed by atoms with Crippen LogP contribution >= 0.6 is 0 Å². The highest BCUT2D eigenvalue weighted by Crippen LogP contribution is 2.16. The predicted octanol–water partition coefficient (Wildman–Crippen LogP) is 4.96. The Balaban J connectivity index is 0.00000524. The van der Waals surface area contributed by atoms with Crippen LogP contribution in [0.5, 0.6) is 0 Å². The number of hydrogen-bond acceptors (Lipinski definition) is 11. The van der Waals surface area contributed by atoms with E-state index in [-0.39, 0.29) is 6.61 Å². The highest BCUT2D eigenvalue weighted by atomic mass is 32.2. The maximum atomic E-state index is 13.7. The van der Waals surface area contributed by atoms with Gasteiger partial charge in [-0.15, -0.1) is 0 Å². The molecule has 0 aromatic heterocycles. The van der Waals surface area contributed by atoms with E-state index >= 15 is 0 Å². The zero-order chi connectivity index (χ0) is 43.4. The first-order valence-corrected chi connectivity index (χ1v) is 20.3. The third kappa shape index (κ3) is 21.6. The maximum Gasteiger partial charge on any atom is 0.408 e. The molecule has 0 saturated heterocycles. The van der Waals surface area contributed by atoms with Crippen LogP contribution < -0.4 is 21.3 Å². The molecular weight excluding hydrogens is 757 g/mol. The third-order valence-electron chi connectivity index (χ3n) is 7.03. The van der Waals surface area contributed by atoms with Crippen molar-refractivity contribution in [2.75, 3.05) is 6.54 Å². The van der Waals surface area contributed by atoms with Crippen molar-refractivity contribution in [2.45, 2.75) is 130 Å². The van der Waals surface area contributed by atoms with E-state index in [0.717, 1.165) is 11.5 Å². The molecule has 0 unspecified atom stereocenters. The van der Waals surface area contributed by atoms with Gasteiger partial charge in [0, 0.05) is 5.41 Å². The average molecular weight is 817 g/mol. The van der Waals surface area contributed by atoms with Crippen LogP contribution in [0.4, 0.5) is 4.79 Å². The minimum absolute atomic E-state index is 0.119. The van der Waals surface area contributed by atoms with Crippen molar-refractivity contribution in [3.63, 3.8) is 0 Å². The van der Waals surface area contributed by atoms with Gasteiger partial charge in [-0.1, -0.05) is 87.0 Å². The molecule has 0 spiro atoms. The van der Waals surface area contributed by atoms with Crippen molar-refractivity contribution in [2.24, 2.45) is 0 Å². The number of carbonyl (C=O) groups is 6. The largest absolute Gasteiger partial charge is 0.460 e. The Kier molecular flexibility index (Phi) is 20.7. The van der Waals surface area contributed by atoms with E-state index in [1.807, 2.05) is 0 Å². The fraction of sp³-hybridized carbons (Fsp3) is 0.512. The van der Waals surface area contributed by atoms with Crippen molar-refractivity contribution in [3.05, 3.63) is 83.3 Å². The summed E-state index contributed by atoms with van der Waals surface area (Å²) < 4.78 is 40.7. The summed E-state index contributed by atoms with van der Waals surface area (Å²) >= 11 is 0. The molecule has 0 aliphatic carbocycles. The number of rotatable bonds is 17. The van der Waals surface area contributed by atoms with E-state index in [0.29, 0.717) is 11.1 Å². The van der Waals surface area contributed by atoms with Crippen molar-refractivity contribution >= 4 is 45.6 Å². The summed E-state index contributed by atoms with van der Waals surface area (Å²) in [7, 11) is -3.68. The van der Waals surface area contributed by atoms with Crippen LogP contribution in [0, 0.1) is 0 Å². The standard InChI is InChI=1S/C38H52N4O11S.C3H8/c1-25(2)54(49,50)20-19-28(21-31(44)52-37(3,4)5)40-30(43)23-39-35(47)33(27-17-13-10-14-18-27)42-34(46)29(22-32(45)53-38(6,7)8)41-36(48)51-24-26-15-11-9-12-16-26;1-3-2/h9-20,25,28-29,33H,21-24H2,1-8H3,(H,39,47)(H,40,43)(H,41,48)(H,42,46);3H2,1-2H3/b20-19+;/t28-,29+,33+;/m1./s1. The summed E-state index contributed by atoms with van der Waals surface area (Å²) in [6.45, 7) is 16.3. The summed E-state index contributed by atoms with van der Waals surface area (Å²) in [5, 5.41) is 10.0. The van der Waals surface area contributed by atoms with E-state index in [1.165, 1.54) is 20.3 Å². The molecule has 57 heavy (non-hydrogen) atoms. The van der Waals surface area contributed by atoms with E-state index in [4.69, 9.17) is 14.2 Å². The Bertz CT molecular complexity index is 1750. The van der Waals surface area contributed by atoms with Crippen LogP contribution in [0.2, 0.25) is 0 Å². The average Bonchev–Trinajstić information content (AvgIpc) is 3.10. The number of hydrogen-bond donors (Lipinski definition) is 4. The van der Waals surface area contributed by atoms with Crippen molar-refractivity contribution in [3.8, 4) is 0 Å². The SMILES string of the molecule is CC(C)S(=O)(=O)/C=C/[C@H](CC(=O)OC(C)(C)C)NC(=O)CNC(=O)[C@@H](NC(=O)[C@H](CC(=O)OC(C)(C)C)NC(=O)OCc1ccccc1)c1ccccc1.CCC. The molecule has 316 valence electrons. The summed E-state index contributed by atoms with van der Waals surface area (Å²) in [6.07, 6.45) is 0.406. The molecule has 0 saturated carbocycles. The molecule has 0 fully saturated rings. The maximum absolute atomic E-state index is 13.7. The number of benzene rings is 2. The van der Waals surface area contributed by atoms with Gasteiger partial charge in [-0.05, 0) is 66.5 Å². The first kappa shape index (κ1) is 49.8. The molecule has 4 N–H and O–H groups in total. The second kappa shape index (κ2) is 23.7. The highest BCUT2D eigenvalue weighted by Gasteiger charge is 2.32. The fourth-order valence-electron chi connectivity index (χ4n) is 4.47. The van der Waals surface area contributed by atoms with E-state index in [2.05, 4.69) is 35.1 Å². The zero-order valence-electron chi connectivity index (χ0n) is 34.7. The number of carbonyl (C=O) groups excluding carboxylic acids is 6. The number of alkyl carbamates (subject to hydrolysis) is 1. The van der Waals surface area contributed by atoms with E-state index in [9.17, 15) is 37.2 Å². The van der Waals surface area contributed by atoms with Crippen molar-refractivity contribution in [1.82, 2.24) is 21.3 Å². The Hall–Kier alpha value is -5.25.